The van der Waals surface area contributed by atoms with Gasteiger partial charge in [-0.05, 0) is 230 Å². The van der Waals surface area contributed by atoms with Crippen LogP contribution in [0.1, 0.15) is 62.8 Å². The van der Waals surface area contributed by atoms with Crippen LogP contribution in [0.4, 0.5) is 34.1 Å². The van der Waals surface area contributed by atoms with Crippen LogP contribution in [0.25, 0.3) is 104 Å². The van der Waals surface area contributed by atoms with Crippen LogP contribution in [0, 0.1) is 0 Å². The van der Waals surface area contributed by atoms with E-state index in [9.17, 15) is 0 Å². The molecule has 0 aliphatic heterocycles. The van der Waals surface area contributed by atoms with Crippen LogP contribution in [-0.4, -0.2) is 0 Å². The maximum atomic E-state index is 2.47. The summed E-state index contributed by atoms with van der Waals surface area (Å²) in [5, 5.41) is 9.60. The first-order valence-corrected chi connectivity index (χ1v) is 31.9. The molecular weight excluding hydrogens is 1080 g/mol. The van der Waals surface area contributed by atoms with Crippen molar-refractivity contribution in [3.05, 3.63) is 331 Å². The third kappa shape index (κ3) is 8.53. The molecule has 0 bridgehead atoms. The molecule has 0 N–H and O–H groups in total. The summed E-state index contributed by atoms with van der Waals surface area (Å²) in [4.78, 5) is 4.86. The second kappa shape index (κ2) is 20.9. The number of rotatable bonds is 10. The molecule has 0 unspecified atom stereocenters. The minimum absolute atomic E-state index is 0.0315. The van der Waals surface area contributed by atoms with E-state index in [1.165, 1.54) is 132 Å². The third-order valence-corrected chi connectivity index (χ3v) is 20.1. The molecule has 17 rings (SSSR count). The largest absolute Gasteiger partial charge is 0.310 e. The highest BCUT2D eigenvalue weighted by atomic mass is 15.1. The van der Waals surface area contributed by atoms with E-state index < -0.39 is 0 Å². The summed E-state index contributed by atoms with van der Waals surface area (Å²) in [7, 11) is 0. The molecule has 2 nitrogen and oxygen atoms in total. The summed E-state index contributed by atoms with van der Waals surface area (Å²) < 4.78 is 0. The van der Waals surface area contributed by atoms with Gasteiger partial charge in [-0.2, -0.15) is 0 Å². The minimum Gasteiger partial charge on any atom is -0.310 e. The molecule has 0 atom stereocenters. The summed E-state index contributed by atoms with van der Waals surface area (Å²) in [5.41, 5.74) is 27.4. The van der Waals surface area contributed by atoms with Crippen molar-refractivity contribution in [1.29, 1.82) is 0 Å². The van der Waals surface area contributed by atoms with Gasteiger partial charge in [-0.25, -0.2) is 0 Å². The zero-order valence-corrected chi connectivity index (χ0v) is 51.2. The number of allylic oxidation sites excluding steroid dienone is 4. The van der Waals surface area contributed by atoms with Gasteiger partial charge in [-0.3, -0.25) is 0 Å². The number of fused-ring (bicyclic) bond motifs is 9. The molecular formula is C88H66N2. The smallest absolute Gasteiger partial charge is 0.0468 e. The highest BCUT2D eigenvalue weighted by Crippen LogP contribution is 2.54. The van der Waals surface area contributed by atoms with Crippen molar-refractivity contribution in [3.63, 3.8) is 0 Å². The summed E-state index contributed by atoms with van der Waals surface area (Å²) in [6, 6.07) is 109. The first kappa shape index (κ1) is 53.4. The standard InChI is InChI=1S/C88H66N2/c1-87(2)81-35-17-15-31-71(81)73-49-41-61(53-83(73)87)57-37-43-65(44-38-57)89(63-25-7-5-8-26-63)67-47-51-77-79(55-67)85(75-33-19-23-59-21-11-13-29-69(59)75)78-52-48-68(56-80(78)86(77)76-34-20-24-60-22-12-14-30-70(60)76)90(64-27-9-6-10-28-64)66-45-39-58(40-46-66)62-42-50-74-72-32-16-18-36-82(72)88(3,4)84(74)54-62/h5-15,17-31,33-56H,16,32H2,1-4H3. The van der Waals surface area contributed by atoms with Gasteiger partial charge in [-0.1, -0.05) is 246 Å². The Hall–Kier alpha value is -10.8. The van der Waals surface area contributed by atoms with Gasteiger partial charge in [0.2, 0.25) is 0 Å². The first-order chi connectivity index (χ1) is 44.2. The Morgan fingerprint density at radius 2 is 0.689 bits per heavy atom. The van der Waals surface area contributed by atoms with Crippen molar-refractivity contribution in [3.8, 4) is 55.6 Å². The van der Waals surface area contributed by atoms with E-state index in [0.29, 0.717) is 0 Å². The van der Waals surface area contributed by atoms with E-state index in [1.807, 2.05) is 0 Å². The molecule has 0 heterocycles. The van der Waals surface area contributed by atoms with Gasteiger partial charge < -0.3 is 9.80 Å². The molecule has 0 saturated carbocycles. The molecule has 0 saturated heterocycles. The summed E-state index contributed by atoms with van der Waals surface area (Å²) in [5.74, 6) is 0. The van der Waals surface area contributed by atoms with Crippen LogP contribution in [0.15, 0.2) is 309 Å². The van der Waals surface area contributed by atoms with E-state index >= 15 is 0 Å². The predicted octanol–water partition coefficient (Wildman–Crippen LogP) is 24.6. The maximum Gasteiger partial charge on any atom is 0.0468 e. The van der Waals surface area contributed by atoms with Gasteiger partial charge in [0.25, 0.3) is 0 Å². The number of anilines is 6. The van der Waals surface area contributed by atoms with Gasteiger partial charge in [0.05, 0.1) is 0 Å². The lowest BCUT2D eigenvalue weighted by molar-refractivity contribution is 0.651. The first-order valence-electron chi connectivity index (χ1n) is 31.9. The molecule has 0 spiro atoms. The summed E-state index contributed by atoms with van der Waals surface area (Å²) in [6.45, 7) is 9.51. The van der Waals surface area contributed by atoms with E-state index in [-0.39, 0.29) is 10.8 Å². The van der Waals surface area contributed by atoms with Gasteiger partial charge in [0, 0.05) is 45.0 Å². The fourth-order valence-electron chi connectivity index (χ4n) is 15.7. The fourth-order valence-corrected chi connectivity index (χ4v) is 15.7. The molecule has 3 aliphatic carbocycles. The number of nitrogens with zero attached hydrogens (tertiary/aromatic N) is 2. The molecule has 90 heavy (non-hydrogen) atoms. The molecule has 0 aromatic heterocycles. The summed E-state index contributed by atoms with van der Waals surface area (Å²) >= 11 is 0. The van der Waals surface area contributed by atoms with Crippen LogP contribution in [0.5, 0.6) is 0 Å². The molecule has 2 heteroatoms. The zero-order valence-electron chi connectivity index (χ0n) is 51.2. The average Bonchev–Trinajstić information content (AvgIpc) is 0.903. The third-order valence-electron chi connectivity index (χ3n) is 20.1. The van der Waals surface area contributed by atoms with Crippen molar-refractivity contribution in [1.82, 2.24) is 0 Å². The second-order valence-electron chi connectivity index (χ2n) is 25.8. The Balaban J connectivity index is 0.857. The molecule has 14 aromatic carbocycles. The van der Waals surface area contributed by atoms with Crippen molar-refractivity contribution in [2.45, 2.75) is 51.4 Å². The Bertz CT molecular complexity index is 5270. The number of hydrogen-bond acceptors (Lipinski definition) is 2. The fraction of sp³-hybridized carbons (Fsp3) is 0.0909. The number of benzene rings is 14. The molecule has 0 fully saturated rings. The summed E-state index contributed by atoms with van der Waals surface area (Å²) in [6.07, 6.45) is 6.95. The Morgan fingerprint density at radius 1 is 0.278 bits per heavy atom. The van der Waals surface area contributed by atoms with E-state index in [1.54, 1.807) is 0 Å². The number of para-hydroxylation sites is 2. The van der Waals surface area contributed by atoms with Gasteiger partial charge in [-0.15, -0.1) is 0 Å². The molecule has 3 aliphatic rings. The van der Waals surface area contributed by atoms with Crippen LogP contribution < -0.4 is 9.80 Å². The van der Waals surface area contributed by atoms with Gasteiger partial charge in [0.15, 0.2) is 0 Å². The highest BCUT2D eigenvalue weighted by molar-refractivity contribution is 6.26. The van der Waals surface area contributed by atoms with E-state index in [4.69, 9.17) is 0 Å². The van der Waals surface area contributed by atoms with Crippen LogP contribution >= 0.6 is 0 Å². The van der Waals surface area contributed by atoms with Crippen LogP contribution in [0.2, 0.25) is 0 Å². The predicted molar refractivity (Wildman–Crippen MR) is 383 cm³/mol. The lowest BCUT2D eigenvalue weighted by atomic mass is 9.79. The van der Waals surface area contributed by atoms with Crippen molar-refractivity contribution >= 4 is 82.8 Å². The molecule has 0 amide bonds. The Morgan fingerprint density at radius 3 is 1.23 bits per heavy atom. The maximum absolute atomic E-state index is 2.47. The zero-order chi connectivity index (χ0) is 60.2. The lowest BCUT2D eigenvalue weighted by Gasteiger charge is -2.28. The number of hydrogen-bond donors (Lipinski definition) is 0. The molecule has 14 aromatic rings. The van der Waals surface area contributed by atoms with Crippen molar-refractivity contribution < 1.29 is 0 Å². The van der Waals surface area contributed by atoms with Crippen molar-refractivity contribution in [2.75, 3.05) is 9.80 Å². The molecule has 0 radical (unpaired) electrons. The normalized spacial score (nSPS) is 14.2. The topological polar surface area (TPSA) is 6.48 Å². The minimum atomic E-state index is -0.0816. The highest BCUT2D eigenvalue weighted by Gasteiger charge is 2.38. The lowest BCUT2D eigenvalue weighted by Crippen LogP contribution is -2.16. The SMILES string of the molecule is CC1(C)C2=C(CCC=C2)c2ccc(-c3ccc(N(c4ccccc4)c4ccc5c(-c6cccc7ccccc67)c6cc(N(c7ccccc7)c7ccc(-c8ccc9c(c8)C(C)(C)c8ccccc8-9)cc7)ccc6c(-c6cccc7ccccc67)c5c4)cc3)cc21. The van der Waals surface area contributed by atoms with E-state index in [2.05, 4.69) is 341 Å². The van der Waals surface area contributed by atoms with Gasteiger partial charge >= 0.3 is 0 Å². The average molecular weight is 1150 g/mol. The van der Waals surface area contributed by atoms with Gasteiger partial charge in [0.1, 0.15) is 0 Å². The molecule has 428 valence electrons. The van der Waals surface area contributed by atoms with Crippen molar-refractivity contribution in [2.24, 2.45) is 0 Å². The Kier molecular flexibility index (Phi) is 12.4. The van der Waals surface area contributed by atoms with Crippen LogP contribution in [-0.2, 0) is 10.8 Å². The Labute approximate surface area is 527 Å². The quantitative estimate of drug-likeness (QED) is 0.126. The second-order valence-corrected chi connectivity index (χ2v) is 25.8. The monoisotopic (exact) mass is 1150 g/mol. The van der Waals surface area contributed by atoms with Crippen LogP contribution in [0.3, 0.4) is 0 Å². The van der Waals surface area contributed by atoms with E-state index in [0.717, 1.165) is 47.0 Å².